The van der Waals surface area contributed by atoms with Crippen molar-refractivity contribution >= 4 is 15.7 Å². The van der Waals surface area contributed by atoms with E-state index in [0.717, 1.165) is 0 Å². The van der Waals surface area contributed by atoms with Crippen LogP contribution >= 0.6 is 0 Å². The summed E-state index contributed by atoms with van der Waals surface area (Å²) < 4.78 is 39.0. The summed E-state index contributed by atoms with van der Waals surface area (Å²) in [5.74, 6) is -0.465. The van der Waals surface area contributed by atoms with Crippen LogP contribution in [0.5, 0.6) is 0 Å². The van der Waals surface area contributed by atoms with Crippen LogP contribution in [0.3, 0.4) is 0 Å². The zero-order valence-electron chi connectivity index (χ0n) is 10.7. The van der Waals surface area contributed by atoms with Crippen LogP contribution in [0.4, 0.5) is 10.1 Å². The highest BCUT2D eigenvalue weighted by molar-refractivity contribution is 7.88. The van der Waals surface area contributed by atoms with Crippen molar-refractivity contribution in [2.24, 2.45) is 0 Å². The number of hydrogen-bond donors (Lipinski definition) is 2. The molecule has 0 atom stereocenters. The number of nitrogens with two attached hydrogens (primary N) is 1. The zero-order valence-corrected chi connectivity index (χ0v) is 11.5. The number of hydrogen-bond acceptors (Lipinski definition) is 3. The molecule has 20 heavy (non-hydrogen) atoms. The predicted octanol–water partition coefficient (Wildman–Crippen LogP) is 2.03. The second kappa shape index (κ2) is 6.02. The van der Waals surface area contributed by atoms with Crippen molar-refractivity contribution in [3.8, 4) is 0 Å². The molecule has 3 N–H and O–H groups in total. The molecule has 4 nitrogen and oxygen atoms in total. The SMILES string of the molecule is Nc1ccc(CS(=O)(=O)NCc2ccc(F)cc2)cc1. The number of sulfonamides is 1. The molecular formula is C14H15FN2O2S. The Bertz CT molecular complexity index is 667. The van der Waals surface area contributed by atoms with Gasteiger partial charge in [0.1, 0.15) is 5.82 Å². The van der Waals surface area contributed by atoms with E-state index in [2.05, 4.69) is 4.72 Å². The van der Waals surface area contributed by atoms with Crippen molar-refractivity contribution < 1.29 is 12.8 Å². The summed E-state index contributed by atoms with van der Waals surface area (Å²) in [7, 11) is -3.44. The van der Waals surface area contributed by atoms with Gasteiger partial charge < -0.3 is 5.73 Å². The first-order valence-electron chi connectivity index (χ1n) is 6.01. The Morgan fingerprint density at radius 3 is 2.10 bits per heavy atom. The fraction of sp³-hybridized carbons (Fsp3) is 0.143. The number of halogens is 1. The van der Waals surface area contributed by atoms with Gasteiger partial charge in [-0.1, -0.05) is 24.3 Å². The van der Waals surface area contributed by atoms with Gasteiger partial charge in [-0.05, 0) is 35.4 Å². The summed E-state index contributed by atoms with van der Waals surface area (Å²) in [5, 5.41) is 0. The zero-order chi connectivity index (χ0) is 14.6. The Balaban J connectivity index is 1.97. The van der Waals surface area contributed by atoms with E-state index in [1.165, 1.54) is 12.1 Å². The molecule has 0 amide bonds. The van der Waals surface area contributed by atoms with E-state index in [1.54, 1.807) is 36.4 Å². The lowest BCUT2D eigenvalue weighted by Crippen LogP contribution is -2.24. The summed E-state index contributed by atoms with van der Waals surface area (Å²) in [4.78, 5) is 0. The van der Waals surface area contributed by atoms with Crippen LogP contribution in [0.25, 0.3) is 0 Å². The number of nitrogens with one attached hydrogen (secondary N) is 1. The molecule has 106 valence electrons. The molecule has 0 fully saturated rings. The highest BCUT2D eigenvalue weighted by Gasteiger charge is 2.11. The first kappa shape index (κ1) is 14.5. The van der Waals surface area contributed by atoms with E-state index in [0.29, 0.717) is 16.8 Å². The molecule has 6 heteroatoms. The molecule has 0 aliphatic rings. The Morgan fingerprint density at radius 2 is 1.50 bits per heavy atom. The van der Waals surface area contributed by atoms with Gasteiger partial charge in [-0.3, -0.25) is 0 Å². The average molecular weight is 294 g/mol. The Morgan fingerprint density at radius 1 is 0.950 bits per heavy atom. The van der Waals surface area contributed by atoms with Crippen LogP contribution < -0.4 is 10.5 Å². The molecule has 0 aliphatic heterocycles. The molecule has 0 saturated carbocycles. The van der Waals surface area contributed by atoms with Crippen LogP contribution in [-0.2, 0) is 22.3 Å². The molecule has 0 bridgehead atoms. The van der Waals surface area contributed by atoms with Crippen molar-refractivity contribution in [1.82, 2.24) is 4.72 Å². The quantitative estimate of drug-likeness (QED) is 0.829. The summed E-state index contributed by atoms with van der Waals surface area (Å²) in [6.45, 7) is 0.136. The van der Waals surface area contributed by atoms with E-state index in [9.17, 15) is 12.8 Å². The number of anilines is 1. The van der Waals surface area contributed by atoms with Crippen molar-refractivity contribution in [2.45, 2.75) is 12.3 Å². The minimum atomic E-state index is -3.44. The van der Waals surface area contributed by atoms with Crippen LogP contribution in [0.15, 0.2) is 48.5 Å². The second-order valence-corrected chi connectivity index (χ2v) is 6.26. The number of rotatable bonds is 5. The number of nitrogen functional groups attached to an aromatic ring is 1. The van der Waals surface area contributed by atoms with Crippen molar-refractivity contribution in [1.29, 1.82) is 0 Å². The van der Waals surface area contributed by atoms with Gasteiger partial charge in [0, 0.05) is 12.2 Å². The molecule has 2 aromatic carbocycles. The normalized spacial score (nSPS) is 11.4. The van der Waals surface area contributed by atoms with E-state index in [1.807, 2.05) is 0 Å². The highest BCUT2D eigenvalue weighted by Crippen LogP contribution is 2.09. The molecule has 0 aliphatic carbocycles. The summed E-state index contributed by atoms with van der Waals surface area (Å²) in [6, 6.07) is 12.3. The Labute approximate surface area is 117 Å². The van der Waals surface area contributed by atoms with E-state index < -0.39 is 10.0 Å². The summed E-state index contributed by atoms with van der Waals surface area (Å²) >= 11 is 0. The highest BCUT2D eigenvalue weighted by atomic mass is 32.2. The largest absolute Gasteiger partial charge is 0.399 e. The van der Waals surface area contributed by atoms with Crippen LogP contribution in [0, 0.1) is 5.82 Å². The van der Waals surface area contributed by atoms with Gasteiger partial charge in [0.25, 0.3) is 0 Å². The minimum absolute atomic E-state index is 0.117. The lowest BCUT2D eigenvalue weighted by molar-refractivity contribution is 0.580. The first-order chi connectivity index (χ1) is 9.44. The van der Waals surface area contributed by atoms with E-state index in [4.69, 9.17) is 5.73 Å². The molecule has 0 unspecified atom stereocenters. The molecule has 2 aromatic rings. The fourth-order valence-electron chi connectivity index (χ4n) is 1.68. The minimum Gasteiger partial charge on any atom is -0.399 e. The van der Waals surface area contributed by atoms with Crippen molar-refractivity contribution in [3.63, 3.8) is 0 Å². The van der Waals surface area contributed by atoms with Gasteiger partial charge in [0.05, 0.1) is 5.75 Å². The summed E-state index contributed by atoms with van der Waals surface area (Å²) in [5.41, 5.74) is 7.49. The third-order valence-electron chi connectivity index (χ3n) is 2.75. The Hall–Kier alpha value is -1.92. The molecule has 0 saturated heterocycles. The maximum absolute atomic E-state index is 12.7. The topological polar surface area (TPSA) is 72.2 Å². The molecular weight excluding hydrogens is 279 g/mol. The monoisotopic (exact) mass is 294 g/mol. The fourth-order valence-corrected chi connectivity index (χ4v) is 2.80. The van der Waals surface area contributed by atoms with Crippen LogP contribution in [0.1, 0.15) is 11.1 Å². The predicted molar refractivity (Wildman–Crippen MR) is 76.7 cm³/mol. The third kappa shape index (κ3) is 4.32. The lowest BCUT2D eigenvalue weighted by Gasteiger charge is -2.07. The molecule has 2 rings (SSSR count). The van der Waals surface area contributed by atoms with E-state index >= 15 is 0 Å². The van der Waals surface area contributed by atoms with Crippen molar-refractivity contribution in [3.05, 3.63) is 65.5 Å². The Kier molecular flexibility index (Phi) is 4.36. The standard InChI is InChI=1S/C14H15FN2O2S/c15-13-5-1-11(2-6-13)9-17-20(18,19)10-12-3-7-14(16)8-4-12/h1-8,17H,9-10,16H2. The van der Waals surface area contributed by atoms with Gasteiger partial charge >= 0.3 is 0 Å². The maximum atomic E-state index is 12.7. The molecule has 0 radical (unpaired) electrons. The lowest BCUT2D eigenvalue weighted by atomic mass is 10.2. The number of benzene rings is 2. The van der Waals surface area contributed by atoms with Crippen LogP contribution in [-0.4, -0.2) is 8.42 Å². The smallest absolute Gasteiger partial charge is 0.216 e. The second-order valence-electron chi connectivity index (χ2n) is 4.45. The first-order valence-corrected chi connectivity index (χ1v) is 7.66. The molecule has 0 heterocycles. The maximum Gasteiger partial charge on any atom is 0.216 e. The third-order valence-corrected chi connectivity index (χ3v) is 4.04. The molecule has 0 aromatic heterocycles. The average Bonchev–Trinajstić information content (AvgIpc) is 2.41. The van der Waals surface area contributed by atoms with Crippen LogP contribution in [0.2, 0.25) is 0 Å². The van der Waals surface area contributed by atoms with Gasteiger partial charge in [0.2, 0.25) is 10.0 Å². The van der Waals surface area contributed by atoms with Gasteiger partial charge in [-0.25, -0.2) is 17.5 Å². The van der Waals surface area contributed by atoms with Gasteiger partial charge in [0.15, 0.2) is 0 Å². The van der Waals surface area contributed by atoms with Gasteiger partial charge in [-0.2, -0.15) is 0 Å². The molecule has 0 spiro atoms. The van der Waals surface area contributed by atoms with Crippen molar-refractivity contribution in [2.75, 3.05) is 5.73 Å². The summed E-state index contributed by atoms with van der Waals surface area (Å²) in [6.07, 6.45) is 0. The van der Waals surface area contributed by atoms with E-state index in [-0.39, 0.29) is 18.1 Å². The van der Waals surface area contributed by atoms with Gasteiger partial charge in [-0.15, -0.1) is 0 Å².